The predicted molar refractivity (Wildman–Crippen MR) is 74.4 cm³/mol. The maximum absolute atomic E-state index is 12.2. The van der Waals surface area contributed by atoms with E-state index >= 15 is 0 Å². The molecule has 0 bridgehead atoms. The van der Waals surface area contributed by atoms with Crippen LogP contribution in [0, 0.1) is 0 Å². The predicted octanol–water partition coefficient (Wildman–Crippen LogP) is 2.16. The van der Waals surface area contributed by atoms with Crippen molar-refractivity contribution in [3.63, 3.8) is 0 Å². The van der Waals surface area contributed by atoms with Crippen molar-refractivity contribution in [1.29, 1.82) is 0 Å². The van der Waals surface area contributed by atoms with Crippen LogP contribution in [0.4, 0.5) is 23.8 Å². The van der Waals surface area contributed by atoms with Crippen molar-refractivity contribution in [2.45, 2.75) is 38.5 Å². The molecule has 0 aliphatic rings. The number of rotatable bonds is 3. The quantitative estimate of drug-likeness (QED) is 0.894. The van der Waals surface area contributed by atoms with E-state index in [2.05, 4.69) is 15.5 Å². The molecular formula is C13H19F3N4O2. The topological polar surface area (TPSA) is 78.4 Å². The van der Waals surface area contributed by atoms with Gasteiger partial charge in [-0.15, -0.1) is 5.10 Å². The fourth-order valence-electron chi connectivity index (χ4n) is 1.45. The van der Waals surface area contributed by atoms with Crippen LogP contribution in [-0.4, -0.2) is 52.1 Å². The average molecular weight is 320 g/mol. The molecule has 22 heavy (non-hydrogen) atoms. The molecule has 0 saturated carbocycles. The van der Waals surface area contributed by atoms with Crippen molar-refractivity contribution >= 4 is 11.8 Å². The van der Waals surface area contributed by atoms with Crippen LogP contribution >= 0.6 is 0 Å². The van der Waals surface area contributed by atoms with E-state index in [1.54, 1.807) is 6.07 Å². The van der Waals surface area contributed by atoms with Crippen molar-refractivity contribution in [2.24, 2.45) is 0 Å². The Bertz CT molecular complexity index is 512. The number of amides is 2. The van der Waals surface area contributed by atoms with Gasteiger partial charge >= 0.3 is 12.2 Å². The van der Waals surface area contributed by atoms with Gasteiger partial charge in [-0.05, 0) is 12.1 Å². The number of aliphatic hydroxyl groups is 1. The zero-order valence-corrected chi connectivity index (χ0v) is 12.8. The first-order valence-electron chi connectivity index (χ1n) is 6.52. The van der Waals surface area contributed by atoms with Crippen molar-refractivity contribution in [1.82, 2.24) is 15.1 Å². The Kier molecular flexibility index (Phi) is 5.34. The highest BCUT2D eigenvalue weighted by atomic mass is 19.4. The van der Waals surface area contributed by atoms with Gasteiger partial charge in [0, 0.05) is 12.5 Å². The number of nitrogens with zero attached hydrogens (tertiary/aromatic N) is 3. The Hall–Kier alpha value is -1.90. The van der Waals surface area contributed by atoms with Crippen LogP contribution in [0.2, 0.25) is 0 Å². The highest BCUT2D eigenvalue weighted by Crippen LogP contribution is 2.21. The molecule has 1 rings (SSSR count). The number of carbonyl (C=O) groups excluding carboxylic acids is 1. The Morgan fingerprint density at radius 1 is 1.32 bits per heavy atom. The smallest absolute Gasteiger partial charge is 0.382 e. The summed E-state index contributed by atoms with van der Waals surface area (Å²) in [5.41, 5.74) is 0.509. The van der Waals surface area contributed by atoms with E-state index in [1.807, 2.05) is 20.8 Å². The fraction of sp³-hybridized carbons (Fsp3) is 0.615. The zero-order valence-electron chi connectivity index (χ0n) is 12.8. The Labute approximate surface area is 126 Å². The molecule has 6 nitrogen and oxygen atoms in total. The molecule has 1 unspecified atom stereocenters. The van der Waals surface area contributed by atoms with Crippen LogP contribution in [0.5, 0.6) is 0 Å². The number of halogens is 3. The average Bonchev–Trinajstić information content (AvgIpc) is 2.36. The van der Waals surface area contributed by atoms with Gasteiger partial charge in [0.2, 0.25) is 0 Å². The Morgan fingerprint density at radius 3 is 2.32 bits per heavy atom. The molecule has 0 fully saturated rings. The van der Waals surface area contributed by atoms with Crippen LogP contribution < -0.4 is 5.32 Å². The summed E-state index contributed by atoms with van der Waals surface area (Å²) in [5, 5.41) is 19.0. The monoisotopic (exact) mass is 320 g/mol. The molecule has 9 heteroatoms. The Balaban J connectivity index is 2.65. The third kappa shape index (κ3) is 5.14. The standard InChI is InChI=1S/C13H19F3N4O2/c1-12(2,3)8-5-6-10(19-18-8)17-11(22)20(4)7-9(21)13(14,15)16/h5-6,9,21H,7H2,1-4H3,(H,17,19,22). The number of urea groups is 1. The molecular weight excluding hydrogens is 301 g/mol. The number of anilines is 1. The summed E-state index contributed by atoms with van der Waals surface area (Å²) in [7, 11) is 1.14. The zero-order chi connectivity index (χ0) is 17.1. The summed E-state index contributed by atoms with van der Waals surface area (Å²) >= 11 is 0. The van der Waals surface area contributed by atoms with Gasteiger partial charge in [-0.1, -0.05) is 20.8 Å². The van der Waals surface area contributed by atoms with Gasteiger partial charge in [-0.2, -0.15) is 18.3 Å². The number of alkyl halides is 3. The summed E-state index contributed by atoms with van der Waals surface area (Å²) < 4.78 is 36.7. The van der Waals surface area contributed by atoms with E-state index in [1.165, 1.54) is 6.07 Å². The van der Waals surface area contributed by atoms with Crippen molar-refractivity contribution in [3.05, 3.63) is 17.8 Å². The molecule has 0 radical (unpaired) electrons. The first kappa shape index (κ1) is 18.1. The summed E-state index contributed by atoms with van der Waals surface area (Å²) in [6.45, 7) is 4.97. The van der Waals surface area contributed by atoms with Gasteiger partial charge in [-0.25, -0.2) is 4.79 Å². The SMILES string of the molecule is CN(CC(O)C(F)(F)F)C(=O)Nc1ccc(C(C)(C)C)nn1. The van der Waals surface area contributed by atoms with Crippen molar-refractivity contribution in [2.75, 3.05) is 18.9 Å². The molecule has 2 N–H and O–H groups in total. The molecule has 0 aromatic carbocycles. The van der Waals surface area contributed by atoms with Gasteiger partial charge in [0.1, 0.15) is 0 Å². The number of hydrogen-bond donors (Lipinski definition) is 2. The molecule has 1 heterocycles. The van der Waals surface area contributed by atoms with Crippen molar-refractivity contribution < 1.29 is 23.1 Å². The highest BCUT2D eigenvalue weighted by Gasteiger charge is 2.39. The molecule has 0 spiro atoms. The van der Waals surface area contributed by atoms with Crippen LogP contribution in [-0.2, 0) is 5.41 Å². The fourth-order valence-corrected chi connectivity index (χ4v) is 1.45. The summed E-state index contributed by atoms with van der Waals surface area (Å²) in [6, 6.07) is 2.37. The molecule has 1 aromatic rings. The number of nitrogens with one attached hydrogen (secondary N) is 1. The van der Waals surface area contributed by atoms with E-state index in [4.69, 9.17) is 5.11 Å². The molecule has 1 aromatic heterocycles. The molecule has 0 aliphatic carbocycles. The van der Waals surface area contributed by atoms with Gasteiger partial charge in [-0.3, -0.25) is 5.32 Å². The van der Waals surface area contributed by atoms with E-state index in [0.717, 1.165) is 11.9 Å². The van der Waals surface area contributed by atoms with Gasteiger partial charge in [0.05, 0.1) is 12.2 Å². The van der Waals surface area contributed by atoms with Crippen LogP contribution in [0.15, 0.2) is 12.1 Å². The highest BCUT2D eigenvalue weighted by molar-refractivity contribution is 5.87. The first-order valence-corrected chi connectivity index (χ1v) is 6.52. The lowest BCUT2D eigenvalue weighted by Gasteiger charge is -2.22. The van der Waals surface area contributed by atoms with E-state index in [-0.39, 0.29) is 11.2 Å². The number of aliphatic hydroxyl groups excluding tert-OH is 1. The second kappa shape index (κ2) is 6.47. The molecule has 0 saturated heterocycles. The number of likely N-dealkylation sites (N-methyl/N-ethyl adjacent to an activating group) is 1. The molecule has 1 atom stereocenters. The minimum Gasteiger partial charge on any atom is -0.382 e. The minimum absolute atomic E-state index is 0.117. The van der Waals surface area contributed by atoms with Crippen molar-refractivity contribution in [3.8, 4) is 0 Å². The lowest BCUT2D eigenvalue weighted by molar-refractivity contribution is -0.205. The maximum atomic E-state index is 12.2. The summed E-state index contributed by atoms with van der Waals surface area (Å²) in [5.74, 6) is 0.117. The Morgan fingerprint density at radius 2 is 1.91 bits per heavy atom. The third-order valence-electron chi connectivity index (χ3n) is 2.84. The minimum atomic E-state index is -4.78. The molecule has 124 valence electrons. The lowest BCUT2D eigenvalue weighted by atomic mass is 9.92. The summed E-state index contributed by atoms with van der Waals surface area (Å²) in [6.07, 6.45) is -7.37. The number of hydrogen-bond acceptors (Lipinski definition) is 4. The normalized spacial score (nSPS) is 13.6. The van der Waals surface area contributed by atoms with Crippen LogP contribution in [0.3, 0.4) is 0 Å². The first-order chi connectivity index (χ1) is 9.91. The molecule has 0 aliphatic heterocycles. The van der Waals surface area contributed by atoms with E-state index < -0.39 is 24.9 Å². The lowest BCUT2D eigenvalue weighted by Crippen LogP contribution is -2.43. The van der Waals surface area contributed by atoms with Gasteiger partial charge in [0.15, 0.2) is 11.9 Å². The van der Waals surface area contributed by atoms with Crippen LogP contribution in [0.1, 0.15) is 26.5 Å². The van der Waals surface area contributed by atoms with Crippen LogP contribution in [0.25, 0.3) is 0 Å². The largest absolute Gasteiger partial charge is 0.416 e. The molecule has 2 amide bonds. The van der Waals surface area contributed by atoms with Gasteiger partial charge < -0.3 is 10.0 Å². The number of carbonyl (C=O) groups is 1. The second-order valence-electron chi connectivity index (χ2n) is 5.92. The summed E-state index contributed by atoms with van der Waals surface area (Å²) in [4.78, 5) is 12.4. The van der Waals surface area contributed by atoms with Gasteiger partial charge in [0.25, 0.3) is 0 Å². The third-order valence-corrected chi connectivity index (χ3v) is 2.84. The second-order valence-corrected chi connectivity index (χ2v) is 5.92. The van der Waals surface area contributed by atoms with E-state index in [9.17, 15) is 18.0 Å². The van der Waals surface area contributed by atoms with E-state index in [0.29, 0.717) is 5.69 Å². The maximum Gasteiger partial charge on any atom is 0.416 e. The number of aromatic nitrogens is 2.